The van der Waals surface area contributed by atoms with Gasteiger partial charge in [0.25, 0.3) is 0 Å². The van der Waals surface area contributed by atoms with Crippen LogP contribution in [0, 0.1) is 0 Å². The van der Waals surface area contributed by atoms with Crippen molar-refractivity contribution in [2.45, 2.75) is 32.5 Å². The third kappa shape index (κ3) is 4.22. The molecule has 1 unspecified atom stereocenters. The van der Waals surface area contributed by atoms with Gasteiger partial charge in [-0.25, -0.2) is 0 Å². The van der Waals surface area contributed by atoms with Crippen LogP contribution in [0.1, 0.15) is 31.1 Å². The molecule has 0 amide bonds. The molecule has 2 aromatic rings. The zero-order valence-corrected chi connectivity index (χ0v) is 16.0. The molecule has 6 heteroatoms. The van der Waals surface area contributed by atoms with E-state index in [0.717, 1.165) is 11.4 Å². The number of esters is 1. The number of ether oxygens (including phenoxy) is 2. The number of nitrogens with zero attached hydrogens (tertiary/aromatic N) is 1. The lowest BCUT2D eigenvalue weighted by Crippen LogP contribution is -2.46. The SMILES string of the molecule is COc1ccc2c(c1)N(CC(=O)OC(C)(C)C)C(C(=O)c1ccccc1)N2. The van der Waals surface area contributed by atoms with Crippen molar-refractivity contribution >= 4 is 23.1 Å². The van der Waals surface area contributed by atoms with E-state index >= 15 is 0 Å². The molecule has 142 valence electrons. The van der Waals surface area contributed by atoms with Gasteiger partial charge in [0.15, 0.2) is 6.17 Å². The van der Waals surface area contributed by atoms with Gasteiger partial charge in [-0.05, 0) is 32.9 Å². The van der Waals surface area contributed by atoms with Crippen molar-refractivity contribution in [2.24, 2.45) is 0 Å². The molecule has 6 nitrogen and oxygen atoms in total. The maximum Gasteiger partial charge on any atom is 0.326 e. The first-order chi connectivity index (χ1) is 12.8. The molecule has 0 radical (unpaired) electrons. The molecule has 0 saturated heterocycles. The Balaban J connectivity index is 1.92. The minimum absolute atomic E-state index is 0.0479. The van der Waals surface area contributed by atoms with Gasteiger partial charge in [0.05, 0.1) is 18.5 Å². The Labute approximate surface area is 159 Å². The van der Waals surface area contributed by atoms with Gasteiger partial charge >= 0.3 is 5.97 Å². The number of carbonyl (C=O) groups excluding carboxylic acids is 2. The number of hydrogen-bond acceptors (Lipinski definition) is 6. The second-order valence-electron chi connectivity index (χ2n) is 7.37. The van der Waals surface area contributed by atoms with E-state index in [-0.39, 0.29) is 12.3 Å². The normalized spacial score (nSPS) is 15.7. The van der Waals surface area contributed by atoms with E-state index in [1.165, 1.54) is 0 Å². The van der Waals surface area contributed by atoms with Crippen molar-refractivity contribution < 1.29 is 19.1 Å². The smallest absolute Gasteiger partial charge is 0.326 e. The molecule has 27 heavy (non-hydrogen) atoms. The summed E-state index contributed by atoms with van der Waals surface area (Å²) >= 11 is 0. The van der Waals surface area contributed by atoms with Crippen LogP contribution in [0.25, 0.3) is 0 Å². The first-order valence-electron chi connectivity index (χ1n) is 8.81. The fourth-order valence-corrected chi connectivity index (χ4v) is 3.02. The van der Waals surface area contributed by atoms with Gasteiger partial charge in [-0.3, -0.25) is 9.59 Å². The number of ketones is 1. The average Bonchev–Trinajstić information content (AvgIpc) is 2.97. The van der Waals surface area contributed by atoms with Gasteiger partial charge in [0.1, 0.15) is 17.9 Å². The highest BCUT2D eigenvalue weighted by Crippen LogP contribution is 2.38. The van der Waals surface area contributed by atoms with Gasteiger partial charge in [-0.15, -0.1) is 0 Å². The van der Waals surface area contributed by atoms with Gasteiger partial charge in [0, 0.05) is 11.6 Å². The van der Waals surface area contributed by atoms with Crippen molar-refractivity contribution in [3.8, 4) is 5.75 Å². The van der Waals surface area contributed by atoms with E-state index in [4.69, 9.17) is 9.47 Å². The molecule has 1 atom stereocenters. The van der Waals surface area contributed by atoms with Crippen molar-refractivity contribution in [3.63, 3.8) is 0 Å². The van der Waals surface area contributed by atoms with Crippen LogP contribution in [-0.4, -0.2) is 37.2 Å². The minimum Gasteiger partial charge on any atom is -0.497 e. The Hall–Kier alpha value is -3.02. The van der Waals surface area contributed by atoms with Gasteiger partial charge in [-0.1, -0.05) is 30.3 Å². The zero-order chi connectivity index (χ0) is 19.6. The van der Waals surface area contributed by atoms with Crippen LogP contribution in [0.5, 0.6) is 5.75 Å². The largest absolute Gasteiger partial charge is 0.497 e. The standard InChI is InChI=1S/C21H24N2O4/c1-21(2,3)27-18(24)13-23-17-12-15(26-4)10-11-16(17)22-20(23)19(25)14-8-6-5-7-9-14/h5-12,20,22H,13H2,1-4H3. The molecule has 1 aliphatic heterocycles. The summed E-state index contributed by atoms with van der Waals surface area (Å²) in [6, 6.07) is 14.5. The molecule has 0 aromatic heterocycles. The molecule has 0 aliphatic carbocycles. The fourth-order valence-electron chi connectivity index (χ4n) is 3.02. The third-order valence-electron chi connectivity index (χ3n) is 4.14. The number of fused-ring (bicyclic) bond motifs is 1. The highest BCUT2D eigenvalue weighted by molar-refractivity contribution is 6.06. The Morgan fingerprint density at radius 3 is 2.44 bits per heavy atom. The average molecular weight is 368 g/mol. The highest BCUT2D eigenvalue weighted by atomic mass is 16.6. The lowest BCUT2D eigenvalue weighted by molar-refractivity contribution is -0.153. The summed E-state index contributed by atoms with van der Waals surface area (Å²) in [6.07, 6.45) is -0.693. The molecule has 1 aliphatic rings. The number of nitrogens with one attached hydrogen (secondary N) is 1. The molecular weight excluding hydrogens is 344 g/mol. The van der Waals surface area contributed by atoms with Crippen LogP contribution >= 0.6 is 0 Å². The third-order valence-corrected chi connectivity index (χ3v) is 4.14. The summed E-state index contributed by atoms with van der Waals surface area (Å²) < 4.78 is 10.8. The Morgan fingerprint density at radius 2 is 1.81 bits per heavy atom. The topological polar surface area (TPSA) is 67.9 Å². The van der Waals surface area contributed by atoms with Crippen LogP contribution in [0.15, 0.2) is 48.5 Å². The van der Waals surface area contributed by atoms with Crippen LogP contribution in [0.3, 0.4) is 0 Å². The zero-order valence-electron chi connectivity index (χ0n) is 16.0. The second kappa shape index (κ2) is 7.31. The number of anilines is 2. The molecule has 3 rings (SSSR count). The quantitative estimate of drug-likeness (QED) is 0.644. The monoisotopic (exact) mass is 368 g/mol. The highest BCUT2D eigenvalue weighted by Gasteiger charge is 2.36. The molecule has 0 saturated carbocycles. The first kappa shape index (κ1) is 18.8. The van der Waals surface area contributed by atoms with Crippen molar-refractivity contribution in [2.75, 3.05) is 23.9 Å². The summed E-state index contributed by atoms with van der Waals surface area (Å²) in [7, 11) is 1.58. The molecule has 0 fully saturated rings. The maximum absolute atomic E-state index is 13.1. The second-order valence-corrected chi connectivity index (χ2v) is 7.37. The summed E-state index contributed by atoms with van der Waals surface area (Å²) in [5.74, 6) is 0.137. The number of Topliss-reactive ketones (excluding diaryl/α,β-unsaturated/α-hetero) is 1. The van der Waals surface area contributed by atoms with Gasteiger partial charge < -0.3 is 19.7 Å². The van der Waals surface area contributed by atoms with Crippen molar-refractivity contribution in [3.05, 3.63) is 54.1 Å². The lowest BCUT2D eigenvalue weighted by Gasteiger charge is -2.27. The molecule has 0 spiro atoms. The number of methoxy groups -OCH3 is 1. The van der Waals surface area contributed by atoms with Gasteiger partial charge in [-0.2, -0.15) is 0 Å². The molecule has 1 N–H and O–H groups in total. The number of rotatable bonds is 5. The van der Waals surface area contributed by atoms with Crippen LogP contribution in [0.2, 0.25) is 0 Å². The number of hydrogen-bond donors (Lipinski definition) is 1. The van der Waals surface area contributed by atoms with E-state index in [1.807, 2.05) is 57.2 Å². The Morgan fingerprint density at radius 1 is 1.11 bits per heavy atom. The maximum atomic E-state index is 13.1. The van der Waals surface area contributed by atoms with Crippen molar-refractivity contribution in [1.29, 1.82) is 0 Å². The fraction of sp³-hybridized carbons (Fsp3) is 0.333. The van der Waals surface area contributed by atoms with E-state index in [2.05, 4.69) is 5.32 Å². The predicted octanol–water partition coefficient (Wildman–Crippen LogP) is 3.48. The molecule has 0 bridgehead atoms. The van der Waals surface area contributed by atoms with Crippen LogP contribution in [0.4, 0.5) is 11.4 Å². The first-order valence-corrected chi connectivity index (χ1v) is 8.81. The van der Waals surface area contributed by atoms with E-state index in [9.17, 15) is 9.59 Å². The summed E-state index contributed by atoms with van der Waals surface area (Å²) in [4.78, 5) is 27.2. The van der Waals surface area contributed by atoms with Crippen molar-refractivity contribution in [1.82, 2.24) is 0 Å². The van der Waals surface area contributed by atoms with E-state index in [1.54, 1.807) is 24.1 Å². The summed E-state index contributed by atoms with van der Waals surface area (Å²) in [5, 5.41) is 3.22. The van der Waals surface area contributed by atoms with Crippen LogP contribution < -0.4 is 15.0 Å². The van der Waals surface area contributed by atoms with Gasteiger partial charge in [0.2, 0.25) is 5.78 Å². The Kier molecular flexibility index (Phi) is 5.08. The Bertz CT molecular complexity index is 843. The summed E-state index contributed by atoms with van der Waals surface area (Å²) in [5.41, 5.74) is 1.48. The number of benzene rings is 2. The minimum atomic E-state index is -0.693. The lowest BCUT2D eigenvalue weighted by atomic mass is 10.1. The molecule has 1 heterocycles. The molecule has 2 aromatic carbocycles. The summed E-state index contributed by atoms with van der Waals surface area (Å²) in [6.45, 7) is 5.40. The number of carbonyl (C=O) groups is 2. The predicted molar refractivity (Wildman–Crippen MR) is 104 cm³/mol. The van der Waals surface area contributed by atoms with Crippen LogP contribution in [-0.2, 0) is 9.53 Å². The van der Waals surface area contributed by atoms with E-state index in [0.29, 0.717) is 11.3 Å². The molecular formula is C21H24N2O4. The van der Waals surface area contributed by atoms with E-state index < -0.39 is 17.7 Å².